The van der Waals surface area contributed by atoms with Crippen molar-refractivity contribution in [1.82, 2.24) is 0 Å². The lowest BCUT2D eigenvalue weighted by Gasteiger charge is -2.11. The number of unbranched alkanes of at least 4 members (excludes halogenated alkanes) is 1. The molecule has 0 amide bonds. The Kier molecular flexibility index (Phi) is 5.41. The van der Waals surface area contributed by atoms with E-state index >= 15 is 0 Å². The lowest BCUT2D eigenvalue weighted by atomic mass is 9.95. The van der Waals surface area contributed by atoms with Gasteiger partial charge in [-0.1, -0.05) is 50.1 Å². The summed E-state index contributed by atoms with van der Waals surface area (Å²) < 4.78 is 0. The van der Waals surface area contributed by atoms with Crippen LogP contribution in [-0.2, 0) is 0 Å². The fraction of sp³-hybridized carbons (Fsp3) is 0.571. The van der Waals surface area contributed by atoms with Gasteiger partial charge >= 0.3 is 0 Å². The zero-order valence-corrected chi connectivity index (χ0v) is 9.82. The Morgan fingerprint density at radius 3 is 2.20 bits per heavy atom. The van der Waals surface area contributed by atoms with Crippen LogP contribution in [0.3, 0.4) is 0 Å². The molecule has 0 bridgehead atoms. The van der Waals surface area contributed by atoms with Gasteiger partial charge in [0.15, 0.2) is 0 Å². The average molecular weight is 206 g/mol. The smallest absolute Gasteiger partial charge is 0.0512 e. The Morgan fingerprint density at radius 1 is 1.00 bits per heavy atom. The minimum atomic E-state index is -0.142. The Balaban J connectivity index is 2.22. The van der Waals surface area contributed by atoms with Gasteiger partial charge in [0.2, 0.25) is 0 Å². The third kappa shape index (κ3) is 4.98. The minimum absolute atomic E-state index is 0.142. The highest BCUT2D eigenvalue weighted by Crippen LogP contribution is 2.21. The van der Waals surface area contributed by atoms with Crippen molar-refractivity contribution in [2.45, 2.75) is 51.6 Å². The minimum Gasteiger partial charge on any atom is -0.393 e. The molecular formula is C14H22O. The topological polar surface area (TPSA) is 20.2 Å². The fourth-order valence-electron chi connectivity index (χ4n) is 1.84. The van der Waals surface area contributed by atoms with Crippen LogP contribution in [0.2, 0.25) is 0 Å². The van der Waals surface area contributed by atoms with Crippen molar-refractivity contribution in [2.75, 3.05) is 0 Å². The Bertz CT molecular complexity index is 253. The summed E-state index contributed by atoms with van der Waals surface area (Å²) in [4.78, 5) is 0. The first-order valence-electron chi connectivity index (χ1n) is 5.93. The molecule has 0 saturated carbocycles. The van der Waals surface area contributed by atoms with E-state index in [9.17, 15) is 0 Å². The second-order valence-corrected chi connectivity index (χ2v) is 4.45. The monoisotopic (exact) mass is 206 g/mol. The van der Waals surface area contributed by atoms with Crippen LogP contribution in [0.25, 0.3) is 0 Å². The highest BCUT2D eigenvalue weighted by molar-refractivity contribution is 5.18. The van der Waals surface area contributed by atoms with E-state index in [1.807, 2.05) is 6.92 Å². The Hall–Kier alpha value is -0.820. The molecule has 0 radical (unpaired) electrons. The molecule has 15 heavy (non-hydrogen) atoms. The summed E-state index contributed by atoms with van der Waals surface area (Å²) in [5.41, 5.74) is 1.43. The van der Waals surface area contributed by atoms with Gasteiger partial charge in [-0.15, -0.1) is 0 Å². The van der Waals surface area contributed by atoms with Crippen molar-refractivity contribution in [3.8, 4) is 0 Å². The van der Waals surface area contributed by atoms with Gasteiger partial charge in [-0.3, -0.25) is 0 Å². The quantitative estimate of drug-likeness (QED) is 0.703. The van der Waals surface area contributed by atoms with Crippen LogP contribution in [0.4, 0.5) is 0 Å². The number of hydrogen-bond donors (Lipinski definition) is 1. The van der Waals surface area contributed by atoms with E-state index in [2.05, 4.69) is 37.3 Å². The van der Waals surface area contributed by atoms with Crippen molar-refractivity contribution in [3.05, 3.63) is 35.9 Å². The summed E-state index contributed by atoms with van der Waals surface area (Å²) in [6.45, 7) is 4.14. The van der Waals surface area contributed by atoms with Crippen LogP contribution in [0.5, 0.6) is 0 Å². The summed E-state index contributed by atoms with van der Waals surface area (Å²) >= 11 is 0. The maximum Gasteiger partial charge on any atom is 0.0512 e. The first-order valence-corrected chi connectivity index (χ1v) is 5.93. The van der Waals surface area contributed by atoms with Crippen LogP contribution in [-0.4, -0.2) is 11.2 Å². The van der Waals surface area contributed by atoms with Gasteiger partial charge in [-0.25, -0.2) is 0 Å². The van der Waals surface area contributed by atoms with Crippen LogP contribution in [0.1, 0.15) is 51.0 Å². The third-order valence-corrected chi connectivity index (χ3v) is 2.88. The molecule has 0 spiro atoms. The highest BCUT2D eigenvalue weighted by Gasteiger charge is 2.04. The number of rotatable bonds is 6. The molecule has 0 heterocycles. The molecule has 0 aliphatic rings. The van der Waals surface area contributed by atoms with Gasteiger partial charge in [0, 0.05) is 0 Å². The molecule has 1 aromatic carbocycles. The van der Waals surface area contributed by atoms with Crippen LogP contribution in [0, 0.1) is 0 Å². The largest absolute Gasteiger partial charge is 0.393 e. The summed E-state index contributed by atoms with van der Waals surface area (Å²) in [6.07, 6.45) is 4.35. The molecular weight excluding hydrogens is 184 g/mol. The molecule has 84 valence electrons. The zero-order chi connectivity index (χ0) is 11.1. The predicted octanol–water partition coefficient (Wildman–Crippen LogP) is 3.73. The number of hydrogen-bond acceptors (Lipinski definition) is 1. The molecule has 1 nitrogen and oxygen atoms in total. The van der Waals surface area contributed by atoms with E-state index < -0.39 is 0 Å². The Morgan fingerprint density at radius 2 is 1.60 bits per heavy atom. The highest BCUT2D eigenvalue weighted by atomic mass is 16.3. The second-order valence-electron chi connectivity index (χ2n) is 4.45. The molecule has 1 rings (SSSR count). The lowest BCUT2D eigenvalue weighted by molar-refractivity contribution is 0.180. The molecule has 0 aromatic heterocycles. The van der Waals surface area contributed by atoms with Crippen molar-refractivity contribution < 1.29 is 5.11 Å². The van der Waals surface area contributed by atoms with Gasteiger partial charge in [0.05, 0.1) is 6.10 Å². The second kappa shape index (κ2) is 6.62. The number of aliphatic hydroxyl groups excluding tert-OH is 1. The molecule has 0 saturated heterocycles. The SMILES string of the molecule is CC(O)CCCCC(C)c1ccccc1. The van der Waals surface area contributed by atoms with E-state index in [0.717, 1.165) is 12.8 Å². The number of benzene rings is 1. The molecule has 1 aromatic rings. The summed E-state index contributed by atoms with van der Waals surface area (Å²) in [5, 5.41) is 9.13. The summed E-state index contributed by atoms with van der Waals surface area (Å²) in [6, 6.07) is 10.6. The maximum absolute atomic E-state index is 9.13. The molecule has 1 N–H and O–H groups in total. The van der Waals surface area contributed by atoms with E-state index in [4.69, 9.17) is 5.11 Å². The maximum atomic E-state index is 9.13. The Labute approximate surface area is 93.1 Å². The van der Waals surface area contributed by atoms with Crippen molar-refractivity contribution >= 4 is 0 Å². The first-order chi connectivity index (χ1) is 7.20. The van der Waals surface area contributed by atoms with E-state index in [0.29, 0.717) is 5.92 Å². The third-order valence-electron chi connectivity index (χ3n) is 2.88. The average Bonchev–Trinajstić information content (AvgIpc) is 2.25. The van der Waals surface area contributed by atoms with Gasteiger partial charge in [0.1, 0.15) is 0 Å². The standard InChI is InChI=1S/C14H22O/c1-12(8-6-7-9-13(2)15)14-10-4-3-5-11-14/h3-5,10-13,15H,6-9H2,1-2H3. The fourth-order valence-corrected chi connectivity index (χ4v) is 1.84. The predicted molar refractivity (Wildman–Crippen MR) is 65.0 cm³/mol. The van der Waals surface area contributed by atoms with Crippen LogP contribution >= 0.6 is 0 Å². The van der Waals surface area contributed by atoms with Crippen LogP contribution < -0.4 is 0 Å². The lowest BCUT2D eigenvalue weighted by Crippen LogP contribution is -1.99. The van der Waals surface area contributed by atoms with Crippen LogP contribution in [0.15, 0.2) is 30.3 Å². The van der Waals surface area contributed by atoms with E-state index in [1.54, 1.807) is 0 Å². The van der Waals surface area contributed by atoms with E-state index in [1.165, 1.54) is 18.4 Å². The normalized spacial score (nSPS) is 14.9. The molecule has 0 aliphatic heterocycles. The van der Waals surface area contributed by atoms with Crippen molar-refractivity contribution in [1.29, 1.82) is 0 Å². The molecule has 1 heteroatoms. The molecule has 2 atom stereocenters. The zero-order valence-electron chi connectivity index (χ0n) is 9.82. The summed E-state index contributed by atoms with van der Waals surface area (Å²) in [5.74, 6) is 0.639. The van der Waals surface area contributed by atoms with E-state index in [-0.39, 0.29) is 6.10 Å². The molecule has 0 aliphatic carbocycles. The van der Waals surface area contributed by atoms with Gasteiger partial charge in [-0.2, -0.15) is 0 Å². The first kappa shape index (κ1) is 12.3. The molecule has 0 fully saturated rings. The van der Waals surface area contributed by atoms with Crippen molar-refractivity contribution in [2.24, 2.45) is 0 Å². The van der Waals surface area contributed by atoms with Gasteiger partial charge in [0.25, 0.3) is 0 Å². The van der Waals surface area contributed by atoms with Gasteiger partial charge < -0.3 is 5.11 Å². The molecule has 2 unspecified atom stereocenters. The number of aliphatic hydroxyl groups is 1. The van der Waals surface area contributed by atoms with Gasteiger partial charge in [-0.05, 0) is 31.2 Å². The van der Waals surface area contributed by atoms with Crippen molar-refractivity contribution in [3.63, 3.8) is 0 Å². The summed E-state index contributed by atoms with van der Waals surface area (Å²) in [7, 11) is 0.